The van der Waals surface area contributed by atoms with Crippen LogP contribution in [-0.4, -0.2) is 85.1 Å². The van der Waals surface area contributed by atoms with E-state index in [0.29, 0.717) is 29.8 Å². The maximum atomic E-state index is 15.5. The van der Waals surface area contributed by atoms with Crippen LogP contribution in [0.25, 0.3) is 10.1 Å². The van der Waals surface area contributed by atoms with Gasteiger partial charge in [0.2, 0.25) is 11.8 Å². The Morgan fingerprint density at radius 1 is 1.06 bits per heavy atom. The molecule has 272 valence electrons. The van der Waals surface area contributed by atoms with Gasteiger partial charge in [0.15, 0.2) is 0 Å². The van der Waals surface area contributed by atoms with Crippen LogP contribution in [0, 0.1) is 5.41 Å². The molecule has 50 heavy (non-hydrogen) atoms. The average Bonchev–Trinajstić information content (AvgIpc) is 3.70. The third kappa shape index (κ3) is 7.80. The molecule has 2 aromatic carbocycles. The second-order valence-electron chi connectivity index (χ2n) is 13.6. The Hall–Kier alpha value is -3.26. The van der Waals surface area contributed by atoms with Gasteiger partial charge in [-0.05, 0) is 54.8 Å². The molecule has 0 bridgehead atoms. The number of carbonyl (C=O) groups is 3. The summed E-state index contributed by atoms with van der Waals surface area (Å²) in [5.74, 6) is -1.23. The summed E-state index contributed by atoms with van der Waals surface area (Å²) in [6.07, 6.45) is -0.0110. The zero-order valence-corrected chi connectivity index (χ0v) is 30.6. The number of halogens is 2. The number of morpholine rings is 1. The molecule has 0 unspecified atom stereocenters. The number of hydrogen-bond acceptors (Lipinski definition) is 9. The number of nitrogens with one attached hydrogen (secondary N) is 1. The molecule has 3 N–H and O–H groups in total. The van der Waals surface area contributed by atoms with E-state index in [9.17, 15) is 18.9 Å². The molecule has 15 heteroatoms. The summed E-state index contributed by atoms with van der Waals surface area (Å²) in [6.45, 7) is 9.09. The number of amides is 3. The maximum absolute atomic E-state index is 15.5. The molecule has 4 atom stereocenters. The number of fused-ring (bicyclic) bond motifs is 1. The summed E-state index contributed by atoms with van der Waals surface area (Å²) in [4.78, 5) is 45.2. The van der Waals surface area contributed by atoms with Crippen molar-refractivity contribution in [3.63, 3.8) is 0 Å². The van der Waals surface area contributed by atoms with Gasteiger partial charge in [0.05, 0.1) is 31.2 Å². The van der Waals surface area contributed by atoms with Gasteiger partial charge < -0.3 is 34.6 Å². The first-order valence-electron chi connectivity index (χ1n) is 16.7. The van der Waals surface area contributed by atoms with Gasteiger partial charge in [0, 0.05) is 29.4 Å². The third-order valence-corrected chi connectivity index (χ3v) is 12.1. The normalized spacial score (nSPS) is 21.0. The van der Waals surface area contributed by atoms with Crippen molar-refractivity contribution in [2.24, 2.45) is 11.1 Å². The molecule has 2 fully saturated rings. The molecule has 3 heterocycles. The van der Waals surface area contributed by atoms with Crippen LogP contribution in [0.1, 0.15) is 67.9 Å². The molecule has 2 saturated heterocycles. The zero-order chi connectivity index (χ0) is 36.4. The van der Waals surface area contributed by atoms with Crippen molar-refractivity contribution in [2.75, 3.05) is 39.5 Å². The minimum atomic E-state index is -4.83. The van der Waals surface area contributed by atoms with Crippen LogP contribution < -0.4 is 11.1 Å². The predicted octanol–water partition coefficient (Wildman–Crippen LogP) is 5.89. The van der Waals surface area contributed by atoms with Crippen LogP contribution in [0.2, 0.25) is 0 Å². The van der Waals surface area contributed by atoms with Crippen molar-refractivity contribution in [3.05, 3.63) is 70.6 Å². The SMILES string of the molecule is CCOP(=O)(OCC)C(F)(F)c1ccc2sc(C(=O)N[C@H](C(=O)N3C[C@@H](N)C[C@H]3C(=O)N3CCO[C@H](c4ccccc4)C3)C(C)(C)C)cc2c1. The number of ether oxygens (including phenoxy) is 1. The molecule has 0 radical (unpaired) electrons. The summed E-state index contributed by atoms with van der Waals surface area (Å²) >= 11 is 1.07. The molecule has 0 spiro atoms. The largest absolute Gasteiger partial charge is 0.404 e. The molecule has 2 aliphatic heterocycles. The molecule has 2 aliphatic rings. The highest BCUT2D eigenvalue weighted by molar-refractivity contribution is 7.54. The van der Waals surface area contributed by atoms with E-state index >= 15 is 8.78 Å². The summed E-state index contributed by atoms with van der Waals surface area (Å²) in [7, 11) is -4.83. The Bertz CT molecular complexity index is 1740. The van der Waals surface area contributed by atoms with Gasteiger partial charge in [0.1, 0.15) is 18.2 Å². The lowest BCUT2D eigenvalue weighted by atomic mass is 9.85. The number of thiophene rings is 1. The van der Waals surface area contributed by atoms with Crippen molar-refractivity contribution >= 4 is 46.7 Å². The zero-order valence-electron chi connectivity index (χ0n) is 28.9. The topological polar surface area (TPSA) is 140 Å². The predicted molar refractivity (Wildman–Crippen MR) is 187 cm³/mol. The fraction of sp³-hybridized carbons (Fsp3) is 0.514. The lowest BCUT2D eigenvalue weighted by Crippen LogP contribution is -2.58. The van der Waals surface area contributed by atoms with Crippen molar-refractivity contribution in [1.82, 2.24) is 15.1 Å². The average molecular weight is 735 g/mol. The fourth-order valence-electron chi connectivity index (χ4n) is 6.33. The number of benzene rings is 2. The molecule has 0 aliphatic carbocycles. The quantitative estimate of drug-likeness (QED) is 0.233. The van der Waals surface area contributed by atoms with E-state index < -0.39 is 54.2 Å². The molecule has 11 nitrogen and oxygen atoms in total. The van der Waals surface area contributed by atoms with Crippen LogP contribution in [-0.2, 0) is 33.6 Å². The highest BCUT2D eigenvalue weighted by Crippen LogP contribution is 2.67. The molecular weight excluding hydrogens is 689 g/mol. The van der Waals surface area contributed by atoms with Crippen LogP contribution in [0.5, 0.6) is 0 Å². The number of nitrogens with two attached hydrogens (primary N) is 1. The number of nitrogens with zero attached hydrogens (tertiary/aromatic N) is 2. The Morgan fingerprint density at radius 3 is 2.38 bits per heavy atom. The first-order valence-corrected chi connectivity index (χ1v) is 19.1. The van der Waals surface area contributed by atoms with Gasteiger partial charge in [0.25, 0.3) is 5.91 Å². The van der Waals surface area contributed by atoms with Crippen molar-refractivity contribution in [3.8, 4) is 0 Å². The number of hydrogen-bond donors (Lipinski definition) is 2. The molecule has 0 saturated carbocycles. The Balaban J connectivity index is 1.35. The minimum Gasteiger partial charge on any atom is -0.370 e. The molecular formula is C35H45F2N4O7PS. The van der Waals surface area contributed by atoms with Crippen LogP contribution >= 0.6 is 18.9 Å². The maximum Gasteiger partial charge on any atom is 0.404 e. The summed E-state index contributed by atoms with van der Waals surface area (Å²) in [5.41, 5.74) is 2.01. The second kappa shape index (κ2) is 15.1. The van der Waals surface area contributed by atoms with E-state index in [4.69, 9.17) is 19.5 Å². The van der Waals surface area contributed by atoms with E-state index in [0.717, 1.165) is 29.0 Å². The van der Waals surface area contributed by atoms with Gasteiger partial charge in [-0.15, -0.1) is 11.3 Å². The monoisotopic (exact) mass is 734 g/mol. The smallest absolute Gasteiger partial charge is 0.370 e. The first kappa shape index (κ1) is 38.0. The Labute approximate surface area is 294 Å². The van der Waals surface area contributed by atoms with Gasteiger partial charge in [-0.25, -0.2) is 0 Å². The first-order chi connectivity index (χ1) is 23.6. The van der Waals surface area contributed by atoms with Gasteiger partial charge in [-0.2, -0.15) is 8.78 Å². The van der Waals surface area contributed by atoms with Crippen molar-refractivity contribution in [2.45, 2.75) is 70.9 Å². The molecule has 5 rings (SSSR count). The number of likely N-dealkylation sites (tertiary alicyclic amines) is 1. The van der Waals surface area contributed by atoms with Crippen LogP contribution in [0.4, 0.5) is 8.78 Å². The highest BCUT2D eigenvalue weighted by atomic mass is 32.1. The highest BCUT2D eigenvalue weighted by Gasteiger charge is 2.55. The van der Waals surface area contributed by atoms with Gasteiger partial charge in [-0.3, -0.25) is 18.9 Å². The van der Waals surface area contributed by atoms with E-state index in [1.807, 2.05) is 51.1 Å². The minimum absolute atomic E-state index is 0.150. The van der Waals surface area contributed by atoms with E-state index in [1.54, 1.807) is 4.90 Å². The van der Waals surface area contributed by atoms with Crippen LogP contribution in [0.3, 0.4) is 0 Å². The number of rotatable bonds is 11. The summed E-state index contributed by atoms with van der Waals surface area (Å²) in [6, 6.07) is 12.5. The molecule has 3 amide bonds. The number of carbonyl (C=O) groups excluding carboxylic acids is 3. The summed E-state index contributed by atoms with van der Waals surface area (Å²) < 4.78 is 60.3. The van der Waals surface area contributed by atoms with E-state index in [1.165, 1.54) is 30.9 Å². The van der Waals surface area contributed by atoms with Gasteiger partial charge >= 0.3 is 13.3 Å². The number of alkyl halides is 2. The van der Waals surface area contributed by atoms with Crippen molar-refractivity contribution in [1.29, 1.82) is 0 Å². The second-order valence-corrected chi connectivity index (χ2v) is 16.7. The van der Waals surface area contributed by atoms with Gasteiger partial charge in [-0.1, -0.05) is 57.2 Å². The lowest BCUT2D eigenvalue weighted by molar-refractivity contribution is -0.150. The van der Waals surface area contributed by atoms with Crippen molar-refractivity contribution < 1.29 is 41.5 Å². The lowest BCUT2D eigenvalue weighted by Gasteiger charge is -2.38. The molecule has 1 aromatic heterocycles. The van der Waals surface area contributed by atoms with E-state index in [2.05, 4.69) is 5.32 Å². The Morgan fingerprint density at radius 2 is 1.74 bits per heavy atom. The summed E-state index contributed by atoms with van der Waals surface area (Å²) in [5, 5.41) is 3.18. The standard InChI is InChI=1S/C35H45F2N4O7PS/c1-6-47-49(45,48-7-2)35(36,37)24-13-14-28-23(17-24)18-29(50-28)31(42)39-30(34(3,4)5)33(44)41-20-25(38)19-26(41)32(43)40-15-16-46-27(21-40)22-11-9-8-10-12-22/h8-14,17-18,25-27,30H,6-7,15-16,19-21,38H2,1-5H3,(H,39,42)/t25-,26-,27-,30+/m0/s1. The van der Waals surface area contributed by atoms with Crippen LogP contribution in [0.15, 0.2) is 54.6 Å². The molecule has 3 aromatic rings. The fourth-order valence-corrected chi connectivity index (χ4v) is 8.81. The van der Waals surface area contributed by atoms with E-state index in [-0.39, 0.29) is 43.1 Å². The third-order valence-electron chi connectivity index (χ3n) is 8.87. The Kier molecular flexibility index (Phi) is 11.5.